The third-order valence-electron chi connectivity index (χ3n) is 3.09. The standard InChI is InChI=1S/C17H13N3OS3/c18-12-13-6-8-15(9-7-13)21-10-11-23-16-19-20(17(22)24-16)14-4-2-1-3-5-14/h1-9H,10-11H2. The molecule has 120 valence electrons. The summed E-state index contributed by atoms with van der Waals surface area (Å²) >= 11 is 8.50. The third kappa shape index (κ3) is 4.23. The first kappa shape index (κ1) is 16.7. The van der Waals surface area contributed by atoms with Crippen LogP contribution in [0.4, 0.5) is 0 Å². The molecule has 2 aromatic carbocycles. The Morgan fingerprint density at radius 3 is 2.62 bits per heavy atom. The number of benzene rings is 2. The number of hydrogen-bond donors (Lipinski definition) is 0. The van der Waals surface area contributed by atoms with E-state index >= 15 is 0 Å². The first-order valence-corrected chi connectivity index (χ1v) is 9.38. The summed E-state index contributed by atoms with van der Waals surface area (Å²) in [5.74, 6) is 1.54. The number of aromatic nitrogens is 2. The van der Waals surface area contributed by atoms with Gasteiger partial charge in [-0.15, -0.1) is 5.10 Å². The Balaban J connectivity index is 1.54. The van der Waals surface area contributed by atoms with Crippen molar-refractivity contribution in [3.05, 3.63) is 64.1 Å². The Kier molecular flexibility index (Phi) is 5.64. The molecule has 0 fully saturated rings. The summed E-state index contributed by atoms with van der Waals surface area (Å²) in [5.41, 5.74) is 1.60. The Morgan fingerprint density at radius 2 is 1.92 bits per heavy atom. The number of para-hydroxylation sites is 1. The van der Waals surface area contributed by atoms with Gasteiger partial charge in [0, 0.05) is 5.75 Å². The average Bonchev–Trinajstić information content (AvgIpc) is 3.01. The quantitative estimate of drug-likeness (QED) is 0.357. The summed E-state index contributed by atoms with van der Waals surface area (Å²) in [4.78, 5) is 0. The van der Waals surface area contributed by atoms with Crippen molar-refractivity contribution in [2.75, 3.05) is 12.4 Å². The zero-order valence-electron chi connectivity index (χ0n) is 12.6. The average molecular weight is 372 g/mol. The molecule has 0 saturated carbocycles. The summed E-state index contributed by atoms with van der Waals surface area (Å²) in [5, 5.41) is 13.3. The van der Waals surface area contributed by atoms with Crippen LogP contribution in [-0.4, -0.2) is 22.1 Å². The fourth-order valence-electron chi connectivity index (χ4n) is 1.97. The molecule has 0 bridgehead atoms. The molecule has 0 aliphatic heterocycles. The maximum absolute atomic E-state index is 8.76. The Hall–Kier alpha value is -2.14. The molecule has 24 heavy (non-hydrogen) atoms. The van der Waals surface area contributed by atoms with E-state index in [1.54, 1.807) is 40.7 Å². The van der Waals surface area contributed by atoms with E-state index in [9.17, 15) is 0 Å². The predicted octanol–water partition coefficient (Wildman–Crippen LogP) is 4.71. The number of hydrogen-bond acceptors (Lipinski definition) is 6. The smallest absolute Gasteiger partial charge is 0.184 e. The van der Waals surface area contributed by atoms with E-state index in [-0.39, 0.29) is 0 Å². The van der Waals surface area contributed by atoms with Gasteiger partial charge in [0.1, 0.15) is 5.75 Å². The van der Waals surface area contributed by atoms with Gasteiger partial charge in [-0.1, -0.05) is 41.3 Å². The molecule has 3 aromatic rings. The second-order valence-electron chi connectivity index (χ2n) is 4.71. The second kappa shape index (κ2) is 8.11. The molecule has 1 aromatic heterocycles. The highest BCUT2D eigenvalue weighted by Crippen LogP contribution is 2.24. The number of nitrogens with zero attached hydrogens (tertiary/aromatic N) is 3. The molecular formula is C17H13N3OS3. The Morgan fingerprint density at radius 1 is 1.17 bits per heavy atom. The molecule has 0 aliphatic carbocycles. The van der Waals surface area contributed by atoms with Crippen molar-refractivity contribution in [2.45, 2.75) is 4.34 Å². The summed E-state index contributed by atoms with van der Waals surface area (Å²) in [6.45, 7) is 0.564. The van der Waals surface area contributed by atoms with Crippen LogP contribution in [0.3, 0.4) is 0 Å². The summed E-state index contributed by atoms with van der Waals surface area (Å²) in [7, 11) is 0. The molecule has 4 nitrogen and oxygen atoms in total. The lowest BCUT2D eigenvalue weighted by Gasteiger charge is -2.04. The van der Waals surface area contributed by atoms with Gasteiger partial charge in [0.15, 0.2) is 8.29 Å². The molecule has 0 spiro atoms. The van der Waals surface area contributed by atoms with Gasteiger partial charge >= 0.3 is 0 Å². The minimum absolute atomic E-state index is 0.564. The van der Waals surface area contributed by atoms with Crippen molar-refractivity contribution in [2.24, 2.45) is 0 Å². The van der Waals surface area contributed by atoms with Crippen molar-refractivity contribution < 1.29 is 4.74 Å². The predicted molar refractivity (Wildman–Crippen MR) is 99.7 cm³/mol. The lowest BCUT2D eigenvalue weighted by molar-refractivity contribution is 0.344. The minimum atomic E-state index is 0.564. The van der Waals surface area contributed by atoms with Gasteiger partial charge < -0.3 is 4.74 Å². The third-order valence-corrected chi connectivity index (χ3v) is 5.42. The molecule has 0 amide bonds. The van der Waals surface area contributed by atoms with E-state index in [0.717, 1.165) is 25.5 Å². The molecule has 0 radical (unpaired) electrons. The topological polar surface area (TPSA) is 50.8 Å². The summed E-state index contributed by atoms with van der Waals surface area (Å²) in [6.07, 6.45) is 0. The van der Waals surface area contributed by atoms with Gasteiger partial charge in [0.25, 0.3) is 0 Å². The number of thioether (sulfide) groups is 1. The monoisotopic (exact) mass is 371 g/mol. The highest BCUT2D eigenvalue weighted by Gasteiger charge is 2.06. The van der Waals surface area contributed by atoms with Gasteiger partial charge in [0.2, 0.25) is 0 Å². The van der Waals surface area contributed by atoms with Crippen LogP contribution in [0.5, 0.6) is 5.75 Å². The molecule has 0 atom stereocenters. The number of nitriles is 1. The van der Waals surface area contributed by atoms with Gasteiger partial charge in [-0.25, -0.2) is 4.68 Å². The lowest BCUT2D eigenvalue weighted by Crippen LogP contribution is -2.00. The van der Waals surface area contributed by atoms with Crippen LogP contribution in [0.15, 0.2) is 58.9 Å². The minimum Gasteiger partial charge on any atom is -0.493 e. The van der Waals surface area contributed by atoms with E-state index < -0.39 is 0 Å². The molecule has 0 N–H and O–H groups in total. The Bertz CT molecular complexity index is 895. The molecule has 7 heteroatoms. The van der Waals surface area contributed by atoms with Gasteiger partial charge in [-0.05, 0) is 48.6 Å². The van der Waals surface area contributed by atoms with Crippen LogP contribution in [0.2, 0.25) is 0 Å². The Labute approximate surface area is 153 Å². The van der Waals surface area contributed by atoms with E-state index in [4.69, 9.17) is 22.2 Å². The van der Waals surface area contributed by atoms with Crippen molar-refractivity contribution in [3.8, 4) is 17.5 Å². The van der Waals surface area contributed by atoms with Gasteiger partial charge in [-0.3, -0.25) is 0 Å². The maximum atomic E-state index is 8.76. The fourth-order valence-corrected chi connectivity index (χ4v) is 4.21. The van der Waals surface area contributed by atoms with Crippen molar-refractivity contribution >= 4 is 35.3 Å². The molecule has 3 rings (SSSR count). The summed E-state index contributed by atoms with van der Waals surface area (Å²) in [6, 6.07) is 19.1. The van der Waals surface area contributed by atoms with E-state index in [1.807, 2.05) is 30.3 Å². The number of ether oxygens (including phenoxy) is 1. The van der Waals surface area contributed by atoms with Crippen LogP contribution in [0.25, 0.3) is 5.69 Å². The maximum Gasteiger partial charge on any atom is 0.184 e. The highest BCUT2D eigenvalue weighted by atomic mass is 32.2. The zero-order chi connectivity index (χ0) is 16.8. The fraction of sp³-hybridized carbons (Fsp3) is 0.118. The number of rotatable bonds is 6. The SMILES string of the molecule is N#Cc1ccc(OCCSc2nn(-c3ccccc3)c(=S)s2)cc1. The normalized spacial score (nSPS) is 10.3. The van der Waals surface area contributed by atoms with Crippen LogP contribution in [0.1, 0.15) is 5.56 Å². The van der Waals surface area contributed by atoms with Crippen LogP contribution in [-0.2, 0) is 0 Å². The summed E-state index contributed by atoms with van der Waals surface area (Å²) < 4.78 is 9.10. The van der Waals surface area contributed by atoms with Crippen LogP contribution >= 0.6 is 35.3 Å². The van der Waals surface area contributed by atoms with Crippen molar-refractivity contribution in [1.82, 2.24) is 9.78 Å². The first-order valence-electron chi connectivity index (χ1n) is 7.17. The molecule has 0 unspecified atom stereocenters. The van der Waals surface area contributed by atoms with E-state index in [1.165, 1.54) is 11.3 Å². The van der Waals surface area contributed by atoms with Gasteiger partial charge in [0.05, 0.1) is 23.9 Å². The zero-order valence-corrected chi connectivity index (χ0v) is 15.0. The lowest BCUT2D eigenvalue weighted by atomic mass is 10.2. The highest BCUT2D eigenvalue weighted by molar-refractivity contribution is 8.01. The first-order chi connectivity index (χ1) is 11.8. The van der Waals surface area contributed by atoms with E-state index in [0.29, 0.717) is 12.2 Å². The molecular weight excluding hydrogens is 358 g/mol. The molecule has 0 saturated heterocycles. The van der Waals surface area contributed by atoms with Crippen molar-refractivity contribution in [3.63, 3.8) is 0 Å². The van der Waals surface area contributed by atoms with E-state index in [2.05, 4.69) is 11.2 Å². The van der Waals surface area contributed by atoms with Crippen LogP contribution in [0, 0.1) is 15.3 Å². The van der Waals surface area contributed by atoms with Gasteiger partial charge in [-0.2, -0.15) is 5.26 Å². The second-order valence-corrected chi connectivity index (χ2v) is 7.68. The molecule has 0 aliphatic rings. The van der Waals surface area contributed by atoms with Crippen LogP contribution < -0.4 is 4.74 Å². The molecule has 1 heterocycles. The van der Waals surface area contributed by atoms with Crippen molar-refractivity contribution in [1.29, 1.82) is 5.26 Å². The largest absolute Gasteiger partial charge is 0.493 e.